The summed E-state index contributed by atoms with van der Waals surface area (Å²) >= 11 is 5.01. The van der Waals surface area contributed by atoms with E-state index in [2.05, 4.69) is 31.2 Å². The van der Waals surface area contributed by atoms with Gasteiger partial charge in [-0.1, -0.05) is 27.3 Å². The van der Waals surface area contributed by atoms with Crippen LogP contribution in [0.5, 0.6) is 0 Å². The van der Waals surface area contributed by atoms with E-state index in [1.807, 2.05) is 24.3 Å². The molecule has 0 aliphatic rings. The first-order valence-corrected chi connectivity index (χ1v) is 7.24. The van der Waals surface area contributed by atoms with Crippen molar-refractivity contribution in [1.82, 2.24) is 9.97 Å². The van der Waals surface area contributed by atoms with Crippen molar-refractivity contribution in [2.45, 2.75) is 6.61 Å². The fourth-order valence-electron chi connectivity index (χ4n) is 1.70. The summed E-state index contributed by atoms with van der Waals surface area (Å²) in [6, 6.07) is 9.56. The molecule has 1 aromatic carbocycles. The molecule has 0 fully saturated rings. The molecule has 4 nitrogen and oxygen atoms in total. The molecular formula is C13H10BrN3OS. The summed E-state index contributed by atoms with van der Waals surface area (Å²) in [5.74, 6) is 0.685. The molecule has 3 aromatic rings. The van der Waals surface area contributed by atoms with E-state index >= 15 is 0 Å². The molecule has 0 saturated carbocycles. The highest BCUT2D eigenvalue weighted by Gasteiger charge is 2.05. The Morgan fingerprint density at radius 2 is 2.16 bits per heavy atom. The summed E-state index contributed by atoms with van der Waals surface area (Å²) in [6.07, 6.45) is 1.66. The normalized spacial score (nSPS) is 10.8. The number of benzene rings is 1. The van der Waals surface area contributed by atoms with Crippen molar-refractivity contribution >= 4 is 48.4 Å². The van der Waals surface area contributed by atoms with Gasteiger partial charge in [-0.2, -0.15) is 0 Å². The van der Waals surface area contributed by atoms with Gasteiger partial charge in [-0.05, 0) is 35.9 Å². The number of aliphatic hydroxyl groups is 1. The molecule has 0 bridgehead atoms. The van der Waals surface area contributed by atoms with E-state index < -0.39 is 0 Å². The molecule has 2 aromatic heterocycles. The molecule has 0 saturated heterocycles. The third kappa shape index (κ3) is 2.75. The van der Waals surface area contributed by atoms with Gasteiger partial charge in [-0.3, -0.25) is 0 Å². The summed E-state index contributed by atoms with van der Waals surface area (Å²) in [7, 11) is 0. The van der Waals surface area contributed by atoms with Crippen molar-refractivity contribution in [3.8, 4) is 0 Å². The van der Waals surface area contributed by atoms with Crippen LogP contribution in [-0.2, 0) is 6.61 Å². The molecule has 3 rings (SSSR count). The third-order valence-electron chi connectivity index (χ3n) is 2.59. The second kappa shape index (κ2) is 5.24. The standard InChI is InChI=1S/C13H10BrN3OS/c14-9-1-2-10-11(6-9)19-13(16-10)17-12-5-8(7-18)3-4-15-12/h1-6,18H,7H2,(H,15,16,17). The Bertz CT molecular complexity index is 729. The molecule has 0 spiro atoms. The second-order valence-corrected chi connectivity index (χ2v) is 5.91. The number of thiazole rings is 1. The minimum Gasteiger partial charge on any atom is -0.392 e. The minimum atomic E-state index is 0.00396. The lowest BCUT2D eigenvalue weighted by molar-refractivity contribution is 0.282. The highest BCUT2D eigenvalue weighted by Crippen LogP contribution is 2.29. The molecule has 0 atom stereocenters. The molecule has 19 heavy (non-hydrogen) atoms. The first-order chi connectivity index (χ1) is 9.24. The van der Waals surface area contributed by atoms with Crippen LogP contribution in [0.2, 0.25) is 0 Å². The van der Waals surface area contributed by atoms with Crippen molar-refractivity contribution in [2.24, 2.45) is 0 Å². The predicted octanol–water partition coefficient (Wildman–Crippen LogP) is 3.69. The number of aliphatic hydroxyl groups excluding tert-OH is 1. The number of fused-ring (bicyclic) bond motifs is 1. The van der Waals surface area contributed by atoms with E-state index in [4.69, 9.17) is 5.11 Å². The van der Waals surface area contributed by atoms with Crippen LogP contribution in [0.3, 0.4) is 0 Å². The van der Waals surface area contributed by atoms with E-state index in [0.717, 1.165) is 25.4 Å². The Balaban J connectivity index is 1.92. The molecule has 0 unspecified atom stereocenters. The molecule has 0 radical (unpaired) electrons. The number of halogens is 1. The predicted molar refractivity (Wildman–Crippen MR) is 80.8 cm³/mol. The SMILES string of the molecule is OCc1ccnc(Nc2nc3ccc(Br)cc3s2)c1. The first kappa shape index (κ1) is 12.5. The van der Waals surface area contributed by atoms with Crippen molar-refractivity contribution in [3.05, 3.63) is 46.6 Å². The van der Waals surface area contributed by atoms with Gasteiger partial charge < -0.3 is 10.4 Å². The van der Waals surface area contributed by atoms with Gasteiger partial charge in [-0.15, -0.1) is 0 Å². The maximum atomic E-state index is 9.10. The lowest BCUT2D eigenvalue weighted by atomic mass is 10.3. The second-order valence-electron chi connectivity index (χ2n) is 3.96. The van der Waals surface area contributed by atoms with Gasteiger partial charge in [0.25, 0.3) is 0 Å². The Morgan fingerprint density at radius 1 is 1.26 bits per heavy atom. The first-order valence-electron chi connectivity index (χ1n) is 5.63. The molecular weight excluding hydrogens is 326 g/mol. The zero-order chi connectivity index (χ0) is 13.2. The maximum Gasteiger partial charge on any atom is 0.189 e. The molecule has 0 aliphatic heterocycles. The van der Waals surface area contributed by atoms with Crippen molar-refractivity contribution < 1.29 is 5.11 Å². The van der Waals surface area contributed by atoms with Gasteiger partial charge in [0.15, 0.2) is 5.13 Å². The summed E-state index contributed by atoms with van der Waals surface area (Å²) in [4.78, 5) is 8.69. The van der Waals surface area contributed by atoms with Crippen LogP contribution in [0.25, 0.3) is 10.2 Å². The highest BCUT2D eigenvalue weighted by molar-refractivity contribution is 9.10. The van der Waals surface area contributed by atoms with Crippen molar-refractivity contribution in [2.75, 3.05) is 5.32 Å². The van der Waals surface area contributed by atoms with Gasteiger partial charge in [0.2, 0.25) is 0 Å². The van der Waals surface area contributed by atoms with E-state index in [1.165, 1.54) is 0 Å². The molecule has 0 aliphatic carbocycles. The largest absolute Gasteiger partial charge is 0.392 e. The van der Waals surface area contributed by atoms with Crippen LogP contribution in [0, 0.1) is 0 Å². The average Bonchev–Trinajstić information content (AvgIpc) is 2.80. The average molecular weight is 336 g/mol. The van der Waals surface area contributed by atoms with E-state index in [0.29, 0.717) is 5.82 Å². The number of aromatic nitrogens is 2. The highest BCUT2D eigenvalue weighted by atomic mass is 79.9. The Morgan fingerprint density at radius 3 is 3.00 bits per heavy atom. The van der Waals surface area contributed by atoms with Gasteiger partial charge in [0.05, 0.1) is 16.8 Å². The smallest absolute Gasteiger partial charge is 0.189 e. The summed E-state index contributed by atoms with van der Waals surface area (Å²) in [5.41, 5.74) is 1.77. The van der Waals surface area contributed by atoms with Crippen LogP contribution in [0.15, 0.2) is 41.0 Å². The van der Waals surface area contributed by atoms with Gasteiger partial charge in [0.1, 0.15) is 5.82 Å². The number of hydrogen-bond donors (Lipinski definition) is 2. The van der Waals surface area contributed by atoms with Crippen molar-refractivity contribution in [3.63, 3.8) is 0 Å². The molecule has 6 heteroatoms. The van der Waals surface area contributed by atoms with Crippen molar-refractivity contribution in [1.29, 1.82) is 0 Å². The van der Waals surface area contributed by atoms with Crippen LogP contribution in [0.4, 0.5) is 10.9 Å². The number of nitrogens with zero attached hydrogens (tertiary/aromatic N) is 2. The van der Waals surface area contributed by atoms with E-state index in [1.54, 1.807) is 23.6 Å². The molecule has 2 heterocycles. The topological polar surface area (TPSA) is 58.0 Å². The van der Waals surface area contributed by atoms with Gasteiger partial charge in [-0.25, -0.2) is 9.97 Å². The fourth-order valence-corrected chi connectivity index (χ4v) is 3.13. The maximum absolute atomic E-state index is 9.10. The minimum absolute atomic E-state index is 0.00396. The quantitative estimate of drug-likeness (QED) is 0.766. The van der Waals surface area contributed by atoms with Gasteiger partial charge >= 0.3 is 0 Å². The number of anilines is 2. The molecule has 96 valence electrons. The third-order valence-corrected chi connectivity index (χ3v) is 4.02. The van der Waals surface area contributed by atoms with E-state index in [-0.39, 0.29) is 6.61 Å². The van der Waals surface area contributed by atoms with Gasteiger partial charge in [0, 0.05) is 10.7 Å². The Labute approximate surface area is 122 Å². The number of hydrogen-bond acceptors (Lipinski definition) is 5. The zero-order valence-electron chi connectivity index (χ0n) is 9.80. The number of nitrogens with one attached hydrogen (secondary N) is 1. The lowest BCUT2D eigenvalue weighted by Gasteiger charge is -2.02. The van der Waals surface area contributed by atoms with Crippen LogP contribution < -0.4 is 5.32 Å². The Hall–Kier alpha value is -1.50. The van der Waals surface area contributed by atoms with Crippen LogP contribution in [0.1, 0.15) is 5.56 Å². The molecule has 0 amide bonds. The van der Waals surface area contributed by atoms with Crippen LogP contribution >= 0.6 is 27.3 Å². The number of pyridine rings is 1. The number of rotatable bonds is 3. The monoisotopic (exact) mass is 335 g/mol. The zero-order valence-corrected chi connectivity index (χ0v) is 12.2. The summed E-state index contributed by atoms with van der Waals surface area (Å²) < 4.78 is 2.14. The summed E-state index contributed by atoms with van der Waals surface area (Å²) in [5, 5.41) is 13.0. The Kier molecular flexibility index (Phi) is 3.46. The lowest BCUT2D eigenvalue weighted by Crippen LogP contribution is -1.94. The van der Waals surface area contributed by atoms with E-state index in [9.17, 15) is 0 Å². The summed E-state index contributed by atoms with van der Waals surface area (Å²) in [6.45, 7) is 0.00396. The fraction of sp³-hybridized carbons (Fsp3) is 0.0769. The molecule has 2 N–H and O–H groups in total. The van der Waals surface area contributed by atoms with Crippen LogP contribution in [-0.4, -0.2) is 15.1 Å².